The lowest BCUT2D eigenvalue weighted by atomic mass is 10.1. The van der Waals surface area contributed by atoms with Gasteiger partial charge >= 0.3 is 0 Å². The number of hydrogen-bond acceptors (Lipinski definition) is 4. The molecule has 3 aromatic carbocycles. The summed E-state index contributed by atoms with van der Waals surface area (Å²) >= 11 is 0. The van der Waals surface area contributed by atoms with Crippen molar-refractivity contribution in [2.45, 2.75) is 4.90 Å². The van der Waals surface area contributed by atoms with Gasteiger partial charge in [0.1, 0.15) is 4.90 Å². The third-order valence-electron chi connectivity index (χ3n) is 3.91. The number of carbonyl (C=O) groups excluding carboxylic acids is 2. The molecular weight excluding hydrogens is 399 g/mol. The molecule has 0 heterocycles. The van der Waals surface area contributed by atoms with Crippen LogP contribution in [0.3, 0.4) is 0 Å². The predicted molar refractivity (Wildman–Crippen MR) is 105 cm³/mol. The van der Waals surface area contributed by atoms with E-state index in [9.17, 15) is 27.0 Å². The number of nitrogens with one attached hydrogen (secondary N) is 2. The Morgan fingerprint density at radius 2 is 1.14 bits per heavy atom. The molecule has 0 bridgehead atoms. The summed E-state index contributed by atoms with van der Waals surface area (Å²) in [6.07, 6.45) is 0. The molecule has 3 aromatic rings. The van der Waals surface area contributed by atoms with Crippen molar-refractivity contribution in [2.24, 2.45) is 0 Å². The molecule has 0 saturated heterocycles. The second-order valence-corrected chi connectivity index (χ2v) is 7.28. The molecule has 0 aromatic heterocycles. The maximum Gasteiger partial charge on any atom is 0.298 e. The molecule has 2 amide bonds. The van der Waals surface area contributed by atoms with E-state index >= 15 is 0 Å². The van der Waals surface area contributed by atoms with E-state index in [4.69, 9.17) is 0 Å². The molecule has 29 heavy (non-hydrogen) atoms. The standard InChI is InChI=1S/C20H15FN2O5S/c21-17-15(19(24)22-13-7-3-1-4-8-13)11-12-16(18(17)29(26,27)28)20(25)23-14-9-5-2-6-10-14/h1-12H,(H,22,24)(H,23,25)(H,26,27,28). The zero-order valence-corrected chi connectivity index (χ0v) is 15.6. The maximum atomic E-state index is 14.9. The Balaban J connectivity index is 2.00. The molecular formula is C20H15FN2O5S. The molecule has 0 aliphatic heterocycles. The van der Waals surface area contributed by atoms with Crippen molar-refractivity contribution in [1.82, 2.24) is 0 Å². The Hall–Kier alpha value is -3.56. The Morgan fingerprint density at radius 3 is 1.59 bits per heavy atom. The third-order valence-corrected chi connectivity index (χ3v) is 4.82. The van der Waals surface area contributed by atoms with Crippen LogP contribution in [0, 0.1) is 5.82 Å². The summed E-state index contributed by atoms with van der Waals surface area (Å²) in [6, 6.07) is 18.1. The second-order valence-electron chi connectivity index (χ2n) is 5.92. The van der Waals surface area contributed by atoms with E-state index in [1.807, 2.05) is 0 Å². The molecule has 0 aliphatic carbocycles. The van der Waals surface area contributed by atoms with Crippen molar-refractivity contribution in [3.63, 3.8) is 0 Å². The Morgan fingerprint density at radius 1 is 0.724 bits per heavy atom. The van der Waals surface area contributed by atoms with Gasteiger partial charge in [-0.3, -0.25) is 14.1 Å². The number of rotatable bonds is 5. The van der Waals surface area contributed by atoms with Crippen LogP contribution in [0.4, 0.5) is 15.8 Å². The molecule has 9 heteroatoms. The average molecular weight is 414 g/mol. The fraction of sp³-hybridized carbons (Fsp3) is 0. The van der Waals surface area contributed by atoms with E-state index in [0.717, 1.165) is 12.1 Å². The molecule has 148 valence electrons. The van der Waals surface area contributed by atoms with Gasteiger partial charge in [0.2, 0.25) is 0 Å². The van der Waals surface area contributed by atoms with Gasteiger partial charge in [0.25, 0.3) is 21.9 Å². The number of amides is 2. The summed E-state index contributed by atoms with van der Waals surface area (Å²) < 4.78 is 47.9. The van der Waals surface area contributed by atoms with Gasteiger partial charge in [-0.15, -0.1) is 0 Å². The molecule has 0 unspecified atom stereocenters. The van der Waals surface area contributed by atoms with Gasteiger partial charge in [-0.05, 0) is 36.4 Å². The van der Waals surface area contributed by atoms with Crippen molar-refractivity contribution >= 4 is 33.3 Å². The van der Waals surface area contributed by atoms with E-state index in [-0.39, 0.29) is 0 Å². The molecule has 0 atom stereocenters. The number of benzene rings is 3. The zero-order valence-electron chi connectivity index (χ0n) is 14.8. The Bertz CT molecular complexity index is 1170. The lowest BCUT2D eigenvalue weighted by Gasteiger charge is -2.12. The SMILES string of the molecule is O=C(Nc1ccccc1)c1ccc(C(=O)Nc2ccccc2)c(S(=O)(=O)O)c1F. The van der Waals surface area contributed by atoms with Crippen molar-refractivity contribution in [2.75, 3.05) is 10.6 Å². The van der Waals surface area contributed by atoms with E-state index in [0.29, 0.717) is 11.4 Å². The van der Waals surface area contributed by atoms with Crippen LogP contribution in [0.25, 0.3) is 0 Å². The first kappa shape index (κ1) is 20.2. The third kappa shape index (κ3) is 4.65. The van der Waals surface area contributed by atoms with Crippen molar-refractivity contribution in [3.8, 4) is 0 Å². The highest BCUT2D eigenvalue weighted by molar-refractivity contribution is 7.86. The summed E-state index contributed by atoms with van der Waals surface area (Å²) in [5, 5.41) is 4.82. The summed E-state index contributed by atoms with van der Waals surface area (Å²) in [5.74, 6) is -3.42. The van der Waals surface area contributed by atoms with Crippen molar-refractivity contribution < 1.29 is 27.0 Å². The largest absolute Gasteiger partial charge is 0.322 e. The van der Waals surface area contributed by atoms with E-state index < -0.39 is 43.8 Å². The predicted octanol–water partition coefficient (Wildman–Crippen LogP) is 3.58. The fourth-order valence-corrected chi connectivity index (χ4v) is 3.38. The lowest BCUT2D eigenvalue weighted by Crippen LogP contribution is -2.21. The van der Waals surface area contributed by atoms with Gasteiger partial charge in [-0.2, -0.15) is 8.42 Å². The van der Waals surface area contributed by atoms with Crippen LogP contribution in [0.15, 0.2) is 77.7 Å². The number of halogens is 1. The lowest BCUT2D eigenvalue weighted by molar-refractivity contribution is 0.100. The van der Waals surface area contributed by atoms with Gasteiger partial charge in [-0.25, -0.2) is 4.39 Å². The topological polar surface area (TPSA) is 113 Å². The van der Waals surface area contributed by atoms with Gasteiger partial charge in [0.05, 0.1) is 11.1 Å². The van der Waals surface area contributed by atoms with Crippen LogP contribution in [0.1, 0.15) is 20.7 Å². The molecule has 0 spiro atoms. The molecule has 0 aliphatic rings. The van der Waals surface area contributed by atoms with E-state index in [2.05, 4.69) is 10.6 Å². The summed E-state index contributed by atoms with van der Waals surface area (Å²) in [4.78, 5) is 23.5. The summed E-state index contributed by atoms with van der Waals surface area (Å²) in [6.45, 7) is 0. The van der Waals surface area contributed by atoms with Crippen LogP contribution < -0.4 is 10.6 Å². The molecule has 0 fully saturated rings. The number of hydrogen-bond donors (Lipinski definition) is 3. The van der Waals surface area contributed by atoms with Crippen LogP contribution >= 0.6 is 0 Å². The highest BCUT2D eigenvalue weighted by Gasteiger charge is 2.29. The fourth-order valence-electron chi connectivity index (χ4n) is 2.60. The molecule has 3 rings (SSSR count). The quantitative estimate of drug-likeness (QED) is 0.553. The van der Waals surface area contributed by atoms with Crippen LogP contribution in [0.5, 0.6) is 0 Å². The summed E-state index contributed by atoms with van der Waals surface area (Å²) in [5.41, 5.74) is -0.579. The van der Waals surface area contributed by atoms with Gasteiger partial charge < -0.3 is 10.6 Å². The molecule has 3 N–H and O–H groups in total. The van der Waals surface area contributed by atoms with Crippen LogP contribution in [-0.2, 0) is 10.1 Å². The van der Waals surface area contributed by atoms with Gasteiger partial charge in [0, 0.05) is 11.4 Å². The maximum absolute atomic E-state index is 14.9. The first-order chi connectivity index (χ1) is 13.8. The van der Waals surface area contributed by atoms with E-state index in [1.54, 1.807) is 60.7 Å². The zero-order chi connectivity index (χ0) is 21.0. The van der Waals surface area contributed by atoms with Gasteiger partial charge in [0.15, 0.2) is 5.82 Å². The molecule has 0 radical (unpaired) electrons. The molecule has 7 nitrogen and oxygen atoms in total. The van der Waals surface area contributed by atoms with Crippen molar-refractivity contribution in [1.29, 1.82) is 0 Å². The minimum atomic E-state index is -5.15. The second kappa shape index (κ2) is 8.21. The molecule has 0 saturated carbocycles. The monoisotopic (exact) mass is 414 g/mol. The van der Waals surface area contributed by atoms with Gasteiger partial charge in [-0.1, -0.05) is 36.4 Å². The van der Waals surface area contributed by atoms with Crippen LogP contribution in [0.2, 0.25) is 0 Å². The van der Waals surface area contributed by atoms with E-state index in [1.165, 1.54) is 0 Å². The smallest absolute Gasteiger partial charge is 0.298 e. The van der Waals surface area contributed by atoms with Crippen molar-refractivity contribution in [3.05, 3.63) is 89.7 Å². The van der Waals surface area contributed by atoms with Crippen LogP contribution in [-0.4, -0.2) is 24.8 Å². The summed E-state index contributed by atoms with van der Waals surface area (Å²) in [7, 11) is -5.15. The number of carbonyl (C=O) groups is 2. The average Bonchev–Trinajstić information content (AvgIpc) is 2.68. The first-order valence-corrected chi connectivity index (χ1v) is 9.74. The minimum absolute atomic E-state index is 0.338. The first-order valence-electron chi connectivity index (χ1n) is 8.30. The highest BCUT2D eigenvalue weighted by atomic mass is 32.2. The number of para-hydroxylation sites is 2. The minimum Gasteiger partial charge on any atom is -0.322 e. The Labute approximate surface area is 165 Å². The Kier molecular flexibility index (Phi) is 5.71. The normalized spacial score (nSPS) is 11.0. The highest BCUT2D eigenvalue weighted by Crippen LogP contribution is 2.25. The number of anilines is 2.